The van der Waals surface area contributed by atoms with Gasteiger partial charge in [-0.2, -0.15) is 13.2 Å². The van der Waals surface area contributed by atoms with Gasteiger partial charge in [-0.25, -0.2) is 4.98 Å². The first kappa shape index (κ1) is 17.3. The predicted octanol–water partition coefficient (Wildman–Crippen LogP) is 3.50. The van der Waals surface area contributed by atoms with Crippen LogP contribution in [-0.4, -0.2) is 28.3 Å². The Morgan fingerprint density at radius 1 is 1.50 bits per heavy atom. The zero-order valence-corrected chi connectivity index (χ0v) is 13.9. The highest BCUT2D eigenvalue weighted by atomic mass is 79.9. The van der Waals surface area contributed by atoms with E-state index in [1.54, 1.807) is 0 Å². The molecule has 1 aromatic rings. The third kappa shape index (κ3) is 4.01. The number of aromatic nitrogens is 1. The van der Waals surface area contributed by atoms with E-state index < -0.39 is 11.9 Å². The molecule has 0 aliphatic carbocycles. The molecule has 2 heterocycles. The number of thioether (sulfide) groups is 1. The lowest BCUT2D eigenvalue weighted by Crippen LogP contribution is -2.26. The molecule has 0 bridgehead atoms. The quantitative estimate of drug-likeness (QED) is 0.784. The van der Waals surface area contributed by atoms with E-state index in [9.17, 15) is 22.8 Å². The lowest BCUT2D eigenvalue weighted by atomic mass is 10.1. The standard InChI is InChI=1S/C13H12BrF3N2O2S/c1-7(20)22-6-8-4-11(21)19(5-8)10-3-2-9(14)12(18-10)13(15,16)17/h2-3,8H,4-6H2,1H3. The van der Waals surface area contributed by atoms with Gasteiger partial charge in [-0.05, 0) is 34.0 Å². The van der Waals surface area contributed by atoms with E-state index in [2.05, 4.69) is 20.9 Å². The summed E-state index contributed by atoms with van der Waals surface area (Å²) >= 11 is 3.93. The first-order valence-electron chi connectivity index (χ1n) is 6.36. The third-order valence-electron chi connectivity index (χ3n) is 3.10. The van der Waals surface area contributed by atoms with Gasteiger partial charge >= 0.3 is 6.18 Å². The van der Waals surface area contributed by atoms with Crippen LogP contribution in [0.15, 0.2) is 16.6 Å². The van der Waals surface area contributed by atoms with E-state index in [-0.39, 0.29) is 40.2 Å². The Kier molecular flexibility index (Phi) is 5.16. The molecule has 0 saturated carbocycles. The van der Waals surface area contributed by atoms with Crippen molar-refractivity contribution in [3.63, 3.8) is 0 Å². The lowest BCUT2D eigenvalue weighted by Gasteiger charge is -2.18. The first-order chi connectivity index (χ1) is 10.2. The molecule has 0 radical (unpaired) electrons. The number of carbonyl (C=O) groups is 2. The van der Waals surface area contributed by atoms with Crippen molar-refractivity contribution < 1.29 is 22.8 Å². The SMILES string of the molecule is CC(=O)SCC1CC(=O)N(c2ccc(Br)c(C(F)(F)F)n2)C1. The average Bonchev–Trinajstić information content (AvgIpc) is 2.77. The molecule has 1 aliphatic rings. The van der Waals surface area contributed by atoms with Crippen LogP contribution in [0, 0.1) is 5.92 Å². The lowest BCUT2D eigenvalue weighted by molar-refractivity contribution is -0.141. The van der Waals surface area contributed by atoms with Crippen LogP contribution in [0.1, 0.15) is 19.0 Å². The van der Waals surface area contributed by atoms with E-state index in [1.807, 2.05) is 0 Å². The monoisotopic (exact) mass is 396 g/mol. The summed E-state index contributed by atoms with van der Waals surface area (Å²) in [4.78, 5) is 27.7. The smallest absolute Gasteiger partial charge is 0.296 e. The number of hydrogen-bond donors (Lipinski definition) is 0. The summed E-state index contributed by atoms with van der Waals surface area (Å²) in [6, 6.07) is 2.60. The minimum atomic E-state index is -4.60. The van der Waals surface area contributed by atoms with Gasteiger partial charge in [-0.15, -0.1) is 0 Å². The number of pyridine rings is 1. The summed E-state index contributed by atoms with van der Waals surface area (Å²) in [5.41, 5.74) is -1.06. The fourth-order valence-electron chi connectivity index (χ4n) is 2.13. The molecule has 1 atom stereocenters. The van der Waals surface area contributed by atoms with Crippen molar-refractivity contribution in [2.75, 3.05) is 17.2 Å². The molecule has 120 valence electrons. The normalized spacial score (nSPS) is 18.9. The van der Waals surface area contributed by atoms with Crippen LogP contribution in [-0.2, 0) is 15.8 Å². The highest BCUT2D eigenvalue weighted by molar-refractivity contribution is 9.10. The maximum atomic E-state index is 12.9. The van der Waals surface area contributed by atoms with E-state index in [4.69, 9.17) is 0 Å². The maximum Gasteiger partial charge on any atom is 0.434 e. The molecule has 1 aromatic heterocycles. The zero-order chi connectivity index (χ0) is 16.5. The predicted molar refractivity (Wildman–Crippen MR) is 80.5 cm³/mol. The molecule has 22 heavy (non-hydrogen) atoms. The fourth-order valence-corrected chi connectivity index (χ4v) is 3.27. The van der Waals surface area contributed by atoms with Gasteiger partial charge in [0.05, 0.1) is 0 Å². The Balaban J connectivity index is 2.18. The van der Waals surface area contributed by atoms with Gasteiger partial charge in [0.25, 0.3) is 0 Å². The van der Waals surface area contributed by atoms with Crippen molar-refractivity contribution in [1.29, 1.82) is 0 Å². The number of alkyl halides is 3. The van der Waals surface area contributed by atoms with Crippen LogP contribution in [0.25, 0.3) is 0 Å². The Bertz CT molecular complexity index is 609. The van der Waals surface area contributed by atoms with Crippen LogP contribution >= 0.6 is 27.7 Å². The highest BCUT2D eigenvalue weighted by Crippen LogP contribution is 2.35. The van der Waals surface area contributed by atoms with Gasteiger partial charge < -0.3 is 0 Å². The van der Waals surface area contributed by atoms with Crippen molar-refractivity contribution in [3.05, 3.63) is 22.3 Å². The summed E-state index contributed by atoms with van der Waals surface area (Å²) in [5, 5.41) is -0.0491. The van der Waals surface area contributed by atoms with Crippen molar-refractivity contribution in [3.8, 4) is 0 Å². The second-order valence-electron chi connectivity index (χ2n) is 4.87. The Morgan fingerprint density at radius 2 is 2.18 bits per heavy atom. The van der Waals surface area contributed by atoms with Crippen LogP contribution in [0.4, 0.5) is 19.0 Å². The van der Waals surface area contributed by atoms with E-state index in [1.165, 1.54) is 24.0 Å². The van der Waals surface area contributed by atoms with Gasteiger partial charge in [0, 0.05) is 30.1 Å². The molecule has 0 N–H and O–H groups in total. The Morgan fingerprint density at radius 3 is 2.77 bits per heavy atom. The number of carbonyl (C=O) groups excluding carboxylic acids is 2. The van der Waals surface area contributed by atoms with Crippen LogP contribution in [0.3, 0.4) is 0 Å². The first-order valence-corrected chi connectivity index (χ1v) is 8.14. The zero-order valence-electron chi connectivity index (χ0n) is 11.5. The van der Waals surface area contributed by atoms with Gasteiger partial charge in [0.2, 0.25) is 5.91 Å². The van der Waals surface area contributed by atoms with Gasteiger partial charge in [-0.1, -0.05) is 11.8 Å². The summed E-state index contributed by atoms with van der Waals surface area (Å²) in [6.45, 7) is 1.70. The summed E-state index contributed by atoms with van der Waals surface area (Å²) in [7, 11) is 0. The maximum absolute atomic E-state index is 12.9. The molecular formula is C13H12BrF3N2O2S. The topological polar surface area (TPSA) is 50.3 Å². The van der Waals surface area contributed by atoms with Crippen molar-refractivity contribution >= 4 is 44.5 Å². The van der Waals surface area contributed by atoms with Crippen LogP contribution in [0.2, 0.25) is 0 Å². The third-order valence-corrected chi connectivity index (χ3v) is 4.79. The van der Waals surface area contributed by atoms with Crippen molar-refractivity contribution in [2.45, 2.75) is 19.5 Å². The summed E-state index contributed by atoms with van der Waals surface area (Å²) < 4.78 is 38.4. The van der Waals surface area contributed by atoms with Crippen LogP contribution in [0.5, 0.6) is 0 Å². The molecule has 1 saturated heterocycles. The van der Waals surface area contributed by atoms with E-state index in [0.29, 0.717) is 5.75 Å². The summed E-state index contributed by atoms with van der Waals surface area (Å²) in [6.07, 6.45) is -4.39. The number of hydrogen-bond acceptors (Lipinski definition) is 4. The molecule has 1 fully saturated rings. The largest absolute Gasteiger partial charge is 0.434 e. The minimum Gasteiger partial charge on any atom is -0.296 e. The average molecular weight is 397 g/mol. The molecule has 1 unspecified atom stereocenters. The molecular weight excluding hydrogens is 385 g/mol. The van der Waals surface area contributed by atoms with Crippen molar-refractivity contribution in [1.82, 2.24) is 4.98 Å². The molecule has 1 amide bonds. The molecule has 0 spiro atoms. The Labute approximate surface area is 137 Å². The van der Waals surface area contributed by atoms with Gasteiger partial charge in [0.15, 0.2) is 10.8 Å². The fraction of sp³-hybridized carbons (Fsp3) is 0.462. The van der Waals surface area contributed by atoms with Gasteiger partial charge in [-0.3, -0.25) is 14.5 Å². The van der Waals surface area contributed by atoms with Crippen LogP contribution < -0.4 is 4.90 Å². The van der Waals surface area contributed by atoms with E-state index >= 15 is 0 Å². The minimum absolute atomic E-state index is 0.0177. The molecule has 1 aliphatic heterocycles. The van der Waals surface area contributed by atoms with E-state index in [0.717, 1.165) is 11.8 Å². The Hall–Kier alpha value is -1.09. The number of rotatable bonds is 3. The second-order valence-corrected chi connectivity index (χ2v) is 6.93. The molecule has 0 aromatic carbocycles. The highest BCUT2D eigenvalue weighted by Gasteiger charge is 2.37. The number of halogens is 4. The summed E-state index contributed by atoms with van der Waals surface area (Å²) in [5.74, 6) is 0.106. The number of amides is 1. The number of nitrogens with zero attached hydrogens (tertiary/aromatic N) is 2. The second kappa shape index (κ2) is 6.57. The number of anilines is 1. The molecule has 2 rings (SSSR count). The molecule has 4 nitrogen and oxygen atoms in total. The van der Waals surface area contributed by atoms with Gasteiger partial charge in [0.1, 0.15) is 5.82 Å². The van der Waals surface area contributed by atoms with Crippen molar-refractivity contribution in [2.24, 2.45) is 5.92 Å². The molecule has 9 heteroatoms.